The Morgan fingerprint density at radius 1 is 1.27 bits per heavy atom. The number of benzene rings is 1. The first-order chi connectivity index (χ1) is 10.4. The molecule has 5 nitrogen and oxygen atoms in total. The van der Waals surface area contributed by atoms with E-state index in [1.807, 2.05) is 45.0 Å². The van der Waals surface area contributed by atoms with Crippen LogP contribution in [0.25, 0.3) is 0 Å². The Hall–Kier alpha value is -1.75. The molecule has 2 N–H and O–H groups in total. The Kier molecular flexibility index (Phi) is 7.18. The Morgan fingerprint density at radius 2 is 1.95 bits per heavy atom. The first-order valence-corrected chi connectivity index (χ1v) is 7.68. The van der Waals surface area contributed by atoms with Crippen molar-refractivity contribution in [1.82, 2.24) is 10.6 Å². The summed E-state index contributed by atoms with van der Waals surface area (Å²) in [5.74, 6) is 0.866. The number of methoxy groups -OCH3 is 1. The normalized spacial score (nSPS) is 12.6. The third kappa shape index (κ3) is 6.80. The maximum Gasteiger partial charge on any atom is 0.407 e. The quantitative estimate of drug-likeness (QED) is 0.812. The summed E-state index contributed by atoms with van der Waals surface area (Å²) in [7, 11) is 1.67. The van der Waals surface area contributed by atoms with Crippen LogP contribution in [0.1, 0.15) is 39.7 Å². The zero-order valence-corrected chi connectivity index (χ0v) is 14.2. The van der Waals surface area contributed by atoms with Crippen molar-refractivity contribution in [1.29, 1.82) is 0 Å². The van der Waals surface area contributed by atoms with Gasteiger partial charge >= 0.3 is 6.09 Å². The molecule has 0 aliphatic rings. The molecule has 0 saturated heterocycles. The molecule has 22 heavy (non-hydrogen) atoms. The number of hydrogen-bond acceptors (Lipinski definition) is 4. The third-order valence-corrected chi connectivity index (χ3v) is 3.16. The Balaban J connectivity index is 2.44. The molecule has 1 aromatic carbocycles. The SMILES string of the molecule is CCC(CNC(=O)OC(C)(C)C)NCc1ccccc1OC. The van der Waals surface area contributed by atoms with Gasteiger partial charge in [-0.25, -0.2) is 4.79 Å². The van der Waals surface area contributed by atoms with Crippen LogP contribution in [0.15, 0.2) is 24.3 Å². The van der Waals surface area contributed by atoms with Gasteiger partial charge in [0, 0.05) is 24.7 Å². The van der Waals surface area contributed by atoms with Crippen molar-refractivity contribution in [3.63, 3.8) is 0 Å². The monoisotopic (exact) mass is 308 g/mol. The van der Waals surface area contributed by atoms with Crippen molar-refractivity contribution >= 4 is 6.09 Å². The lowest BCUT2D eigenvalue weighted by Gasteiger charge is -2.22. The summed E-state index contributed by atoms with van der Waals surface area (Å²) in [6.45, 7) is 8.85. The third-order valence-electron chi connectivity index (χ3n) is 3.16. The molecule has 1 rings (SSSR count). The van der Waals surface area contributed by atoms with E-state index >= 15 is 0 Å². The van der Waals surface area contributed by atoms with Crippen LogP contribution in [-0.2, 0) is 11.3 Å². The molecule has 0 heterocycles. The number of hydrogen-bond donors (Lipinski definition) is 2. The smallest absolute Gasteiger partial charge is 0.407 e. The molecule has 5 heteroatoms. The highest BCUT2D eigenvalue weighted by Gasteiger charge is 2.17. The van der Waals surface area contributed by atoms with Gasteiger partial charge in [0.05, 0.1) is 7.11 Å². The molecule has 0 bridgehead atoms. The molecular formula is C17H28N2O3. The van der Waals surface area contributed by atoms with Crippen molar-refractivity contribution in [2.45, 2.75) is 52.3 Å². The van der Waals surface area contributed by atoms with Gasteiger partial charge in [0.2, 0.25) is 0 Å². The van der Waals surface area contributed by atoms with Crippen LogP contribution in [0.3, 0.4) is 0 Å². The number of carbonyl (C=O) groups is 1. The zero-order valence-electron chi connectivity index (χ0n) is 14.2. The standard InChI is InChI=1S/C17H28N2O3/c1-6-14(12-19-16(20)22-17(2,3)4)18-11-13-9-7-8-10-15(13)21-5/h7-10,14,18H,6,11-12H2,1-5H3,(H,19,20). The second kappa shape index (κ2) is 8.63. The van der Waals surface area contributed by atoms with Crippen LogP contribution < -0.4 is 15.4 Å². The minimum Gasteiger partial charge on any atom is -0.496 e. The van der Waals surface area contributed by atoms with Crippen LogP contribution in [0, 0.1) is 0 Å². The van der Waals surface area contributed by atoms with Crippen LogP contribution in [0.4, 0.5) is 4.79 Å². The van der Waals surface area contributed by atoms with E-state index in [1.165, 1.54) is 0 Å². The van der Waals surface area contributed by atoms with Gasteiger partial charge < -0.3 is 20.1 Å². The highest BCUT2D eigenvalue weighted by atomic mass is 16.6. The Labute approximate surface area is 133 Å². The maximum absolute atomic E-state index is 11.7. The highest BCUT2D eigenvalue weighted by Crippen LogP contribution is 2.17. The van der Waals surface area contributed by atoms with Gasteiger partial charge in [-0.15, -0.1) is 0 Å². The summed E-state index contributed by atoms with van der Waals surface area (Å²) in [6.07, 6.45) is 0.523. The van der Waals surface area contributed by atoms with Crippen molar-refractivity contribution in [3.05, 3.63) is 29.8 Å². The molecule has 0 fully saturated rings. The van der Waals surface area contributed by atoms with Crippen molar-refractivity contribution in [3.8, 4) is 5.75 Å². The maximum atomic E-state index is 11.7. The summed E-state index contributed by atoms with van der Waals surface area (Å²) >= 11 is 0. The lowest BCUT2D eigenvalue weighted by atomic mass is 10.1. The fourth-order valence-corrected chi connectivity index (χ4v) is 1.98. The molecule has 0 aliphatic carbocycles. The number of alkyl carbamates (subject to hydrolysis) is 1. The molecule has 124 valence electrons. The summed E-state index contributed by atoms with van der Waals surface area (Å²) < 4.78 is 10.6. The molecule has 1 atom stereocenters. The molecule has 0 saturated carbocycles. The number of nitrogens with one attached hydrogen (secondary N) is 2. The Bertz CT molecular complexity index is 469. The van der Waals surface area contributed by atoms with Crippen LogP contribution in [-0.4, -0.2) is 31.4 Å². The van der Waals surface area contributed by atoms with E-state index in [9.17, 15) is 4.79 Å². The summed E-state index contributed by atoms with van der Waals surface area (Å²) in [5.41, 5.74) is 0.622. The lowest BCUT2D eigenvalue weighted by molar-refractivity contribution is 0.0522. The Morgan fingerprint density at radius 3 is 2.55 bits per heavy atom. The lowest BCUT2D eigenvalue weighted by Crippen LogP contribution is -2.42. The molecule has 0 radical (unpaired) electrons. The number of para-hydroxylation sites is 1. The van der Waals surface area contributed by atoms with E-state index < -0.39 is 5.60 Å². The van der Waals surface area contributed by atoms with E-state index in [4.69, 9.17) is 9.47 Å². The van der Waals surface area contributed by atoms with Gasteiger partial charge in [0.15, 0.2) is 0 Å². The largest absolute Gasteiger partial charge is 0.496 e. The van der Waals surface area contributed by atoms with Gasteiger partial charge in [-0.1, -0.05) is 25.1 Å². The van der Waals surface area contributed by atoms with Gasteiger partial charge in [-0.3, -0.25) is 0 Å². The molecule has 0 spiro atoms. The van der Waals surface area contributed by atoms with Gasteiger partial charge in [-0.05, 0) is 33.3 Å². The number of carbonyl (C=O) groups excluding carboxylic acids is 1. The van der Waals surface area contributed by atoms with Crippen molar-refractivity contribution in [2.75, 3.05) is 13.7 Å². The van der Waals surface area contributed by atoms with Crippen molar-refractivity contribution in [2.24, 2.45) is 0 Å². The molecule has 1 unspecified atom stereocenters. The highest BCUT2D eigenvalue weighted by molar-refractivity contribution is 5.67. The van der Waals surface area contributed by atoms with E-state index in [1.54, 1.807) is 7.11 Å². The van der Waals surface area contributed by atoms with Crippen LogP contribution in [0.2, 0.25) is 0 Å². The molecule has 1 aromatic rings. The average molecular weight is 308 g/mol. The van der Waals surface area contributed by atoms with E-state index in [0.717, 1.165) is 17.7 Å². The zero-order chi connectivity index (χ0) is 16.6. The second-order valence-electron chi connectivity index (χ2n) is 6.18. The first kappa shape index (κ1) is 18.3. The number of amides is 1. The summed E-state index contributed by atoms with van der Waals surface area (Å²) in [5, 5.41) is 6.23. The van der Waals surface area contributed by atoms with E-state index in [0.29, 0.717) is 13.1 Å². The van der Waals surface area contributed by atoms with E-state index in [-0.39, 0.29) is 12.1 Å². The topological polar surface area (TPSA) is 59.6 Å². The molecule has 1 amide bonds. The van der Waals surface area contributed by atoms with Gasteiger partial charge in [-0.2, -0.15) is 0 Å². The van der Waals surface area contributed by atoms with Crippen LogP contribution >= 0.6 is 0 Å². The second-order valence-corrected chi connectivity index (χ2v) is 6.18. The number of rotatable bonds is 7. The molecule has 0 aliphatic heterocycles. The molecule has 0 aromatic heterocycles. The first-order valence-electron chi connectivity index (χ1n) is 7.68. The van der Waals surface area contributed by atoms with E-state index in [2.05, 4.69) is 17.6 Å². The van der Waals surface area contributed by atoms with Gasteiger partial charge in [0.25, 0.3) is 0 Å². The minimum absolute atomic E-state index is 0.178. The summed E-state index contributed by atoms with van der Waals surface area (Å²) in [4.78, 5) is 11.7. The minimum atomic E-state index is -0.476. The number of ether oxygens (including phenoxy) is 2. The summed E-state index contributed by atoms with van der Waals surface area (Å²) in [6, 6.07) is 8.08. The predicted octanol–water partition coefficient (Wildman–Crippen LogP) is 3.09. The fraction of sp³-hybridized carbons (Fsp3) is 0.588. The predicted molar refractivity (Wildman–Crippen MR) is 88.1 cm³/mol. The average Bonchev–Trinajstić information content (AvgIpc) is 2.46. The van der Waals surface area contributed by atoms with Crippen LogP contribution in [0.5, 0.6) is 5.75 Å². The molecular weight excluding hydrogens is 280 g/mol. The van der Waals surface area contributed by atoms with Gasteiger partial charge in [0.1, 0.15) is 11.4 Å². The fourth-order valence-electron chi connectivity index (χ4n) is 1.98. The van der Waals surface area contributed by atoms with Crippen molar-refractivity contribution < 1.29 is 14.3 Å².